The molecule has 0 radical (unpaired) electrons. The average molecular weight is 379 g/mol. The van der Waals surface area contributed by atoms with Gasteiger partial charge in [0.25, 0.3) is 10.0 Å². The molecule has 1 aromatic heterocycles. The molecular formula is C13H12Cl2N2O3S2. The highest BCUT2D eigenvalue weighted by molar-refractivity contribution is 7.94. The second kappa shape index (κ2) is 7.32. The molecule has 0 saturated heterocycles. The fourth-order valence-electron chi connectivity index (χ4n) is 1.57. The number of hydrogen-bond acceptors (Lipinski definition) is 4. The van der Waals surface area contributed by atoms with Crippen molar-refractivity contribution in [3.63, 3.8) is 0 Å². The van der Waals surface area contributed by atoms with Gasteiger partial charge in [-0.25, -0.2) is 8.42 Å². The Labute approximate surface area is 142 Å². The Hall–Kier alpha value is -1.28. The van der Waals surface area contributed by atoms with E-state index in [2.05, 4.69) is 10.0 Å². The van der Waals surface area contributed by atoms with Crippen molar-refractivity contribution in [2.45, 2.75) is 10.8 Å². The van der Waals surface area contributed by atoms with Crippen molar-refractivity contribution < 1.29 is 13.2 Å². The second-order valence-electron chi connectivity index (χ2n) is 4.27. The summed E-state index contributed by atoms with van der Waals surface area (Å²) in [6.45, 7) is 0.226. The molecule has 1 heterocycles. The van der Waals surface area contributed by atoms with Crippen molar-refractivity contribution >= 4 is 56.2 Å². The van der Waals surface area contributed by atoms with Crippen LogP contribution in [0, 0.1) is 0 Å². The molecule has 0 aliphatic rings. The van der Waals surface area contributed by atoms with Gasteiger partial charge in [0, 0.05) is 6.54 Å². The molecule has 22 heavy (non-hydrogen) atoms. The predicted molar refractivity (Wildman–Crippen MR) is 89.1 cm³/mol. The van der Waals surface area contributed by atoms with Crippen LogP contribution in [0.5, 0.6) is 0 Å². The topological polar surface area (TPSA) is 75.3 Å². The number of anilines is 1. The molecule has 2 aromatic rings. The molecule has 118 valence electrons. The minimum atomic E-state index is -3.71. The summed E-state index contributed by atoms with van der Waals surface area (Å²) in [5.41, 5.74) is 0.998. The molecule has 0 unspecified atom stereocenters. The lowest BCUT2D eigenvalue weighted by molar-refractivity contribution is -0.118. The number of alkyl halides is 1. The maximum atomic E-state index is 12.3. The van der Waals surface area contributed by atoms with Crippen LogP contribution >= 0.6 is 34.5 Å². The predicted octanol–water partition coefficient (Wildman–Crippen LogP) is 3.06. The minimum absolute atomic E-state index is 0.136. The van der Waals surface area contributed by atoms with E-state index in [1.54, 1.807) is 29.6 Å². The summed E-state index contributed by atoms with van der Waals surface area (Å²) in [5, 5.41) is 4.55. The molecule has 0 aliphatic heterocycles. The van der Waals surface area contributed by atoms with E-state index >= 15 is 0 Å². The maximum Gasteiger partial charge on any atom is 0.271 e. The summed E-state index contributed by atoms with van der Waals surface area (Å²) in [4.78, 5) is 11.1. The van der Waals surface area contributed by atoms with Gasteiger partial charge in [-0.1, -0.05) is 23.7 Å². The zero-order valence-corrected chi connectivity index (χ0v) is 14.3. The van der Waals surface area contributed by atoms with E-state index in [-0.39, 0.29) is 22.5 Å². The Morgan fingerprint density at radius 3 is 2.68 bits per heavy atom. The zero-order chi connectivity index (χ0) is 16.2. The number of nitrogens with one attached hydrogen (secondary N) is 2. The highest BCUT2D eigenvalue weighted by Gasteiger charge is 2.18. The van der Waals surface area contributed by atoms with E-state index < -0.39 is 10.0 Å². The molecule has 0 aliphatic carbocycles. The van der Waals surface area contributed by atoms with Gasteiger partial charge in [-0.05, 0) is 29.1 Å². The average Bonchev–Trinajstić information content (AvgIpc) is 2.97. The SMILES string of the molecule is O=C(CCl)NCc1csc(S(=O)(=O)Nc2ccccc2Cl)c1. The summed E-state index contributed by atoms with van der Waals surface area (Å²) in [6.07, 6.45) is 0. The third-order valence-corrected chi connectivity index (χ3v) is 6.05. The van der Waals surface area contributed by atoms with Crippen LogP contribution in [-0.2, 0) is 21.4 Å². The van der Waals surface area contributed by atoms with E-state index in [1.165, 1.54) is 6.07 Å². The van der Waals surface area contributed by atoms with Gasteiger partial charge in [-0.15, -0.1) is 22.9 Å². The van der Waals surface area contributed by atoms with Crippen LogP contribution in [0.2, 0.25) is 5.02 Å². The third-order valence-electron chi connectivity index (χ3n) is 2.62. The van der Waals surface area contributed by atoms with Gasteiger partial charge < -0.3 is 5.32 Å². The van der Waals surface area contributed by atoms with E-state index in [1.807, 2.05) is 0 Å². The first-order chi connectivity index (χ1) is 10.4. The number of rotatable bonds is 6. The monoisotopic (exact) mass is 378 g/mol. The number of para-hydroxylation sites is 1. The van der Waals surface area contributed by atoms with Crippen LogP contribution in [0.15, 0.2) is 39.9 Å². The number of halogens is 2. The number of hydrogen-bond donors (Lipinski definition) is 2. The van der Waals surface area contributed by atoms with Crippen LogP contribution in [0.25, 0.3) is 0 Å². The first kappa shape index (κ1) is 17.1. The Bertz CT molecular complexity index is 775. The summed E-state index contributed by atoms with van der Waals surface area (Å²) in [5.74, 6) is -0.449. The van der Waals surface area contributed by atoms with Crippen molar-refractivity contribution in [2.75, 3.05) is 10.6 Å². The molecule has 0 spiro atoms. The van der Waals surface area contributed by atoms with Gasteiger partial charge in [0.15, 0.2) is 0 Å². The molecule has 0 bridgehead atoms. The maximum absolute atomic E-state index is 12.3. The normalized spacial score (nSPS) is 11.2. The molecule has 0 saturated carbocycles. The number of sulfonamides is 1. The van der Waals surface area contributed by atoms with E-state index in [9.17, 15) is 13.2 Å². The zero-order valence-electron chi connectivity index (χ0n) is 11.2. The first-order valence-electron chi connectivity index (χ1n) is 6.10. The summed E-state index contributed by atoms with van der Waals surface area (Å²) >= 11 is 12.4. The van der Waals surface area contributed by atoms with Gasteiger partial charge in [0.05, 0.1) is 10.7 Å². The highest BCUT2D eigenvalue weighted by Crippen LogP contribution is 2.26. The Balaban J connectivity index is 2.12. The standard InChI is InChI=1S/C13H12Cl2N2O3S2/c14-6-12(18)16-7-9-5-13(21-8-9)22(19,20)17-11-4-2-1-3-10(11)15/h1-5,8,17H,6-7H2,(H,16,18). The highest BCUT2D eigenvalue weighted by atomic mass is 35.5. The molecule has 9 heteroatoms. The van der Waals surface area contributed by atoms with Crippen LogP contribution in [0.1, 0.15) is 5.56 Å². The Kier molecular flexibility index (Phi) is 5.69. The number of carbonyl (C=O) groups excluding carboxylic acids is 1. The fraction of sp³-hybridized carbons (Fsp3) is 0.154. The molecule has 1 amide bonds. The molecule has 0 atom stereocenters. The number of benzene rings is 1. The van der Waals surface area contributed by atoms with Gasteiger partial charge in [0.2, 0.25) is 5.91 Å². The van der Waals surface area contributed by atoms with Crippen molar-refractivity contribution in [3.8, 4) is 0 Å². The third kappa shape index (κ3) is 4.36. The van der Waals surface area contributed by atoms with Crippen molar-refractivity contribution in [1.29, 1.82) is 0 Å². The van der Waals surface area contributed by atoms with Gasteiger partial charge in [0.1, 0.15) is 10.1 Å². The summed E-state index contributed by atoms with van der Waals surface area (Å²) in [7, 11) is -3.71. The number of carbonyl (C=O) groups is 1. The van der Waals surface area contributed by atoms with Crippen LogP contribution < -0.4 is 10.0 Å². The smallest absolute Gasteiger partial charge is 0.271 e. The minimum Gasteiger partial charge on any atom is -0.351 e. The van der Waals surface area contributed by atoms with Crippen molar-refractivity contribution in [1.82, 2.24) is 5.32 Å². The number of thiophene rings is 1. The molecular weight excluding hydrogens is 367 g/mol. The summed E-state index contributed by atoms with van der Waals surface area (Å²) < 4.78 is 27.2. The molecule has 5 nitrogen and oxygen atoms in total. The largest absolute Gasteiger partial charge is 0.351 e. The summed E-state index contributed by atoms with van der Waals surface area (Å²) in [6, 6.07) is 8.07. The first-order valence-corrected chi connectivity index (χ1v) is 9.37. The van der Waals surface area contributed by atoms with E-state index in [0.717, 1.165) is 11.3 Å². The molecule has 0 fully saturated rings. The molecule has 2 rings (SSSR count). The van der Waals surface area contributed by atoms with E-state index in [4.69, 9.17) is 23.2 Å². The molecule has 1 aromatic carbocycles. The lowest BCUT2D eigenvalue weighted by Gasteiger charge is -2.07. The van der Waals surface area contributed by atoms with E-state index in [0.29, 0.717) is 16.3 Å². The Morgan fingerprint density at radius 1 is 1.27 bits per heavy atom. The molecule has 2 N–H and O–H groups in total. The van der Waals surface area contributed by atoms with Crippen molar-refractivity contribution in [2.24, 2.45) is 0 Å². The lowest BCUT2D eigenvalue weighted by atomic mass is 10.3. The van der Waals surface area contributed by atoms with Crippen LogP contribution in [-0.4, -0.2) is 20.2 Å². The van der Waals surface area contributed by atoms with Gasteiger partial charge in [-0.3, -0.25) is 9.52 Å². The number of amides is 1. The van der Waals surface area contributed by atoms with Crippen LogP contribution in [0.3, 0.4) is 0 Å². The lowest BCUT2D eigenvalue weighted by Crippen LogP contribution is -2.23. The Morgan fingerprint density at radius 2 is 2.00 bits per heavy atom. The quantitative estimate of drug-likeness (QED) is 0.758. The van der Waals surface area contributed by atoms with Crippen LogP contribution in [0.4, 0.5) is 5.69 Å². The van der Waals surface area contributed by atoms with Gasteiger partial charge in [-0.2, -0.15) is 0 Å². The second-order valence-corrected chi connectivity index (χ2v) is 7.76. The van der Waals surface area contributed by atoms with Gasteiger partial charge >= 0.3 is 0 Å². The van der Waals surface area contributed by atoms with Crippen molar-refractivity contribution in [3.05, 3.63) is 46.3 Å². The fourth-order valence-corrected chi connectivity index (χ4v) is 4.20.